The monoisotopic (exact) mass is 450 g/mol. The van der Waals surface area contributed by atoms with E-state index in [1.54, 1.807) is 6.07 Å². The van der Waals surface area contributed by atoms with Gasteiger partial charge in [-0.2, -0.15) is 9.61 Å². The van der Waals surface area contributed by atoms with E-state index < -0.39 is 10.0 Å². The molecule has 29 heavy (non-hydrogen) atoms. The lowest BCUT2D eigenvalue weighted by atomic mass is 10.3. The first kappa shape index (κ1) is 20.0. The molecule has 0 bridgehead atoms. The lowest BCUT2D eigenvalue weighted by Crippen LogP contribution is -2.15. The topological polar surface area (TPSA) is 125 Å². The van der Waals surface area contributed by atoms with E-state index in [-0.39, 0.29) is 10.5 Å². The van der Waals surface area contributed by atoms with E-state index in [9.17, 15) is 13.2 Å². The molecule has 3 heterocycles. The van der Waals surface area contributed by atoms with E-state index in [1.165, 1.54) is 45.8 Å². The van der Waals surface area contributed by atoms with Crippen molar-refractivity contribution in [1.29, 1.82) is 0 Å². The Morgan fingerprint density at radius 3 is 2.76 bits per heavy atom. The zero-order valence-corrected chi connectivity index (χ0v) is 18.1. The molecule has 0 saturated heterocycles. The number of primary sulfonamides is 1. The van der Waals surface area contributed by atoms with E-state index in [0.29, 0.717) is 21.9 Å². The number of aromatic nitrogens is 5. The van der Waals surface area contributed by atoms with Gasteiger partial charge in [0.15, 0.2) is 5.16 Å². The van der Waals surface area contributed by atoms with E-state index in [0.717, 1.165) is 28.6 Å². The molecule has 0 saturated carbocycles. The number of imidazole rings is 1. The minimum atomic E-state index is -3.80. The molecule has 3 aromatic heterocycles. The Hall–Kier alpha value is -2.28. The molecule has 12 heteroatoms. The highest BCUT2D eigenvalue weighted by atomic mass is 32.2. The second-order valence-electron chi connectivity index (χ2n) is 6.43. The average Bonchev–Trinajstić information content (AvgIpc) is 3.19. The Balaban J connectivity index is 1.69. The van der Waals surface area contributed by atoms with E-state index in [4.69, 9.17) is 5.14 Å². The fourth-order valence-electron chi connectivity index (χ4n) is 2.98. The summed E-state index contributed by atoms with van der Waals surface area (Å²) in [5, 5.41) is 10.9. The van der Waals surface area contributed by atoms with Gasteiger partial charge in [0.1, 0.15) is 5.01 Å². The molecular formula is C17H18N6O3S3. The van der Waals surface area contributed by atoms with Crippen LogP contribution in [-0.2, 0) is 22.3 Å². The molecule has 0 spiro atoms. The molecule has 0 aliphatic heterocycles. The summed E-state index contributed by atoms with van der Waals surface area (Å²) in [6.07, 6.45) is 0.891. The van der Waals surface area contributed by atoms with Crippen molar-refractivity contribution in [2.45, 2.75) is 42.6 Å². The van der Waals surface area contributed by atoms with Crippen molar-refractivity contribution in [2.75, 3.05) is 0 Å². The van der Waals surface area contributed by atoms with Crippen molar-refractivity contribution in [1.82, 2.24) is 24.1 Å². The number of hydrogen-bond donors (Lipinski definition) is 1. The van der Waals surface area contributed by atoms with Crippen LogP contribution in [-0.4, -0.2) is 32.6 Å². The third-order valence-electron chi connectivity index (χ3n) is 4.21. The van der Waals surface area contributed by atoms with Crippen molar-refractivity contribution >= 4 is 49.1 Å². The third-order valence-corrected chi connectivity index (χ3v) is 6.95. The number of rotatable bonds is 6. The largest absolute Gasteiger partial charge is 0.319 e. The summed E-state index contributed by atoms with van der Waals surface area (Å²) in [7, 11) is -3.80. The predicted octanol–water partition coefficient (Wildman–Crippen LogP) is 2.16. The molecule has 4 rings (SSSR count). The summed E-state index contributed by atoms with van der Waals surface area (Å²) >= 11 is 2.81. The normalized spacial score (nSPS) is 12.2. The first-order valence-corrected chi connectivity index (χ1v) is 12.1. The van der Waals surface area contributed by atoms with Gasteiger partial charge in [-0.3, -0.25) is 4.79 Å². The molecule has 0 atom stereocenters. The Morgan fingerprint density at radius 1 is 1.24 bits per heavy atom. The lowest BCUT2D eigenvalue weighted by Gasteiger charge is -2.07. The van der Waals surface area contributed by atoms with Crippen LogP contribution >= 0.6 is 23.1 Å². The minimum Gasteiger partial charge on any atom is -0.319 e. The van der Waals surface area contributed by atoms with Crippen LogP contribution < -0.4 is 10.7 Å². The highest BCUT2D eigenvalue weighted by molar-refractivity contribution is 7.98. The van der Waals surface area contributed by atoms with Gasteiger partial charge in [0.05, 0.1) is 21.6 Å². The van der Waals surface area contributed by atoms with Gasteiger partial charge in [-0.1, -0.05) is 30.0 Å². The summed E-state index contributed by atoms with van der Waals surface area (Å²) in [6, 6.07) is 6.17. The van der Waals surface area contributed by atoms with Gasteiger partial charge < -0.3 is 4.57 Å². The molecule has 4 aromatic rings. The number of nitrogens with two attached hydrogens (primary N) is 1. The molecule has 2 N–H and O–H groups in total. The fraction of sp³-hybridized carbons (Fsp3) is 0.294. The Morgan fingerprint density at radius 2 is 2.03 bits per heavy atom. The smallest absolute Gasteiger partial charge is 0.275 e. The Bertz CT molecular complexity index is 1390. The molecule has 152 valence electrons. The second-order valence-corrected chi connectivity index (χ2v) is 10.1. The third kappa shape index (κ3) is 3.92. The van der Waals surface area contributed by atoms with E-state index >= 15 is 0 Å². The van der Waals surface area contributed by atoms with Gasteiger partial charge >= 0.3 is 0 Å². The van der Waals surface area contributed by atoms with Crippen LogP contribution in [0.3, 0.4) is 0 Å². The summed E-state index contributed by atoms with van der Waals surface area (Å²) in [5.74, 6) is 0.456. The molecule has 0 fully saturated rings. The second kappa shape index (κ2) is 7.52. The maximum Gasteiger partial charge on any atom is 0.275 e. The van der Waals surface area contributed by atoms with Crippen LogP contribution in [0.5, 0.6) is 0 Å². The molecule has 0 unspecified atom stereocenters. The first-order chi connectivity index (χ1) is 13.8. The molecule has 9 nitrogen and oxygen atoms in total. The van der Waals surface area contributed by atoms with Crippen LogP contribution in [0.1, 0.15) is 24.0 Å². The van der Waals surface area contributed by atoms with Crippen molar-refractivity contribution in [2.24, 2.45) is 5.14 Å². The minimum absolute atomic E-state index is 0.0309. The highest BCUT2D eigenvalue weighted by Crippen LogP contribution is 2.28. The zero-order valence-electron chi connectivity index (χ0n) is 15.7. The maximum atomic E-state index is 12.2. The van der Waals surface area contributed by atoms with Gasteiger partial charge in [-0.25, -0.2) is 23.5 Å². The van der Waals surface area contributed by atoms with Crippen LogP contribution in [0.15, 0.2) is 39.1 Å². The Kier molecular flexibility index (Phi) is 5.19. The quantitative estimate of drug-likeness (QED) is 0.446. The van der Waals surface area contributed by atoms with Gasteiger partial charge in [-0.05, 0) is 31.5 Å². The van der Waals surface area contributed by atoms with Crippen molar-refractivity contribution in [3.8, 4) is 0 Å². The highest BCUT2D eigenvalue weighted by Gasteiger charge is 2.16. The summed E-state index contributed by atoms with van der Waals surface area (Å²) in [6.45, 7) is 4.62. The van der Waals surface area contributed by atoms with Gasteiger partial charge in [0.2, 0.25) is 15.0 Å². The predicted molar refractivity (Wildman–Crippen MR) is 113 cm³/mol. The van der Waals surface area contributed by atoms with Gasteiger partial charge in [0.25, 0.3) is 5.56 Å². The molecule has 0 radical (unpaired) electrons. The van der Waals surface area contributed by atoms with Crippen LogP contribution in [0, 0.1) is 6.92 Å². The fourth-order valence-corrected chi connectivity index (χ4v) is 5.21. The molecular weight excluding hydrogens is 432 g/mol. The SMILES string of the molecule is CCCn1c(SCc2cc(=O)n3nc(C)sc3n2)nc2cc(S(N)(=O)=O)ccc21. The van der Waals surface area contributed by atoms with Crippen molar-refractivity contribution in [3.63, 3.8) is 0 Å². The van der Waals surface area contributed by atoms with Gasteiger partial charge in [-0.15, -0.1) is 0 Å². The lowest BCUT2D eigenvalue weighted by molar-refractivity contribution is 0.598. The molecule has 0 aliphatic carbocycles. The average molecular weight is 451 g/mol. The van der Waals surface area contributed by atoms with Gasteiger partial charge in [0, 0.05) is 18.4 Å². The van der Waals surface area contributed by atoms with Crippen molar-refractivity contribution in [3.05, 3.63) is 45.3 Å². The summed E-state index contributed by atoms with van der Waals surface area (Å²) < 4.78 is 26.6. The van der Waals surface area contributed by atoms with E-state index in [1.807, 2.05) is 11.5 Å². The summed E-state index contributed by atoms with van der Waals surface area (Å²) in [5.41, 5.74) is 1.83. The number of fused-ring (bicyclic) bond motifs is 2. The number of benzene rings is 1. The molecule has 0 aliphatic rings. The number of nitrogens with zero attached hydrogens (tertiary/aromatic N) is 5. The standard InChI is InChI=1S/C17H18N6O3S3/c1-3-6-22-14-5-4-12(29(18,25)26)8-13(14)20-16(22)27-9-11-7-15(24)23-17(19-11)28-10(2)21-23/h4-5,7-8H,3,6,9H2,1-2H3,(H2,18,25,26). The van der Waals surface area contributed by atoms with E-state index in [2.05, 4.69) is 22.0 Å². The number of sulfonamides is 1. The molecule has 1 aromatic carbocycles. The zero-order chi connectivity index (χ0) is 20.8. The van der Waals surface area contributed by atoms with Crippen LogP contribution in [0.2, 0.25) is 0 Å². The first-order valence-electron chi connectivity index (χ1n) is 8.78. The number of aryl methyl sites for hydroxylation is 2. The Labute approximate surface area is 174 Å². The van der Waals surface area contributed by atoms with Crippen LogP contribution in [0.4, 0.5) is 0 Å². The molecule has 0 amide bonds. The number of hydrogen-bond acceptors (Lipinski definition) is 8. The number of thioether (sulfide) groups is 1. The maximum absolute atomic E-state index is 12.2. The van der Waals surface area contributed by atoms with Crippen molar-refractivity contribution < 1.29 is 8.42 Å². The van der Waals surface area contributed by atoms with Crippen LogP contribution in [0.25, 0.3) is 16.0 Å². The summed E-state index contributed by atoms with van der Waals surface area (Å²) in [4.78, 5) is 21.9.